The first kappa shape index (κ1) is 14.0. The minimum Gasteiger partial charge on any atom is -0.387 e. The van der Waals surface area contributed by atoms with Gasteiger partial charge in [-0.15, -0.1) is 11.3 Å². The Hall–Kier alpha value is -0.940. The highest BCUT2D eigenvalue weighted by atomic mass is 35.5. The van der Waals surface area contributed by atoms with E-state index in [-0.39, 0.29) is 0 Å². The highest BCUT2D eigenvalue weighted by Gasteiger charge is 2.39. The van der Waals surface area contributed by atoms with Crippen molar-refractivity contribution < 1.29 is 5.11 Å². The fourth-order valence-electron chi connectivity index (χ4n) is 2.49. The second-order valence-electron chi connectivity index (χ2n) is 5.35. The van der Waals surface area contributed by atoms with Gasteiger partial charge in [0.1, 0.15) is 5.01 Å². The molecule has 3 nitrogen and oxygen atoms in total. The van der Waals surface area contributed by atoms with E-state index in [0.29, 0.717) is 0 Å². The van der Waals surface area contributed by atoms with Crippen molar-refractivity contribution in [2.45, 2.75) is 25.5 Å². The maximum atomic E-state index is 10.0. The van der Waals surface area contributed by atoms with Crippen LogP contribution in [0.4, 0.5) is 0 Å². The lowest BCUT2D eigenvalue weighted by molar-refractivity contribution is -0.103. The molecule has 0 unspecified atom stereocenters. The van der Waals surface area contributed by atoms with Crippen LogP contribution < -0.4 is 0 Å². The first-order chi connectivity index (χ1) is 9.59. The Morgan fingerprint density at radius 1 is 1.40 bits per heavy atom. The smallest absolute Gasteiger partial charge is 0.125 e. The third kappa shape index (κ3) is 2.74. The summed E-state index contributed by atoms with van der Waals surface area (Å²) in [6.45, 7) is 4.30. The topological polar surface area (TPSA) is 36.4 Å². The third-order valence-corrected chi connectivity index (χ3v) is 4.99. The maximum Gasteiger partial charge on any atom is 0.125 e. The average Bonchev–Trinajstić information content (AvgIpc) is 2.85. The molecule has 1 saturated heterocycles. The van der Waals surface area contributed by atoms with Crippen molar-refractivity contribution in [3.63, 3.8) is 0 Å². The summed E-state index contributed by atoms with van der Waals surface area (Å²) < 4.78 is 0. The number of hydrogen-bond donors (Lipinski definition) is 1. The van der Waals surface area contributed by atoms with Gasteiger partial charge in [-0.2, -0.15) is 0 Å². The molecule has 0 amide bonds. The van der Waals surface area contributed by atoms with Crippen LogP contribution in [0.1, 0.15) is 19.0 Å². The Morgan fingerprint density at radius 3 is 2.85 bits per heavy atom. The number of benzene rings is 1. The number of aliphatic hydroxyl groups is 1. The zero-order valence-corrected chi connectivity index (χ0v) is 12.9. The van der Waals surface area contributed by atoms with Gasteiger partial charge in [-0.1, -0.05) is 36.7 Å². The zero-order valence-electron chi connectivity index (χ0n) is 11.3. The summed E-state index contributed by atoms with van der Waals surface area (Å²) in [5.74, 6) is 0. The lowest BCUT2D eigenvalue weighted by Gasteiger charge is -2.45. The number of rotatable bonds is 4. The summed E-state index contributed by atoms with van der Waals surface area (Å²) in [5.41, 5.74) is 1.55. The lowest BCUT2D eigenvalue weighted by Crippen LogP contribution is -2.60. The van der Waals surface area contributed by atoms with Crippen LogP contribution in [0, 0.1) is 0 Å². The molecule has 2 heterocycles. The molecule has 0 spiro atoms. The predicted molar refractivity (Wildman–Crippen MR) is 83.1 cm³/mol. The number of β-amino-alcohol motifs (C(OH)–C–C–N with tert-alkyl or cyclic N) is 1. The predicted octanol–water partition coefficient (Wildman–Crippen LogP) is 3.42. The van der Waals surface area contributed by atoms with E-state index in [1.54, 1.807) is 11.3 Å². The van der Waals surface area contributed by atoms with Gasteiger partial charge in [-0.25, -0.2) is 4.98 Å². The van der Waals surface area contributed by atoms with Crippen LogP contribution in [-0.2, 0) is 6.54 Å². The van der Waals surface area contributed by atoms with Gasteiger partial charge in [0, 0.05) is 30.6 Å². The molecular weight excluding hydrogens is 292 g/mol. The molecule has 2 aromatic rings. The van der Waals surface area contributed by atoms with Crippen molar-refractivity contribution in [1.29, 1.82) is 0 Å². The van der Waals surface area contributed by atoms with E-state index in [1.165, 1.54) is 0 Å². The number of likely N-dealkylation sites (tertiary alicyclic amines) is 1. The molecule has 1 N–H and O–H groups in total. The molecule has 1 fully saturated rings. The summed E-state index contributed by atoms with van der Waals surface area (Å²) in [5, 5.41) is 13.8. The van der Waals surface area contributed by atoms with Crippen molar-refractivity contribution in [1.82, 2.24) is 9.88 Å². The molecule has 1 aliphatic rings. The Morgan fingerprint density at radius 2 is 2.15 bits per heavy atom. The minimum absolute atomic E-state index is 0.485. The minimum atomic E-state index is -0.485. The van der Waals surface area contributed by atoms with Gasteiger partial charge < -0.3 is 5.11 Å². The van der Waals surface area contributed by atoms with Crippen LogP contribution in [0.5, 0.6) is 0 Å². The average molecular weight is 309 g/mol. The van der Waals surface area contributed by atoms with Crippen LogP contribution >= 0.6 is 22.9 Å². The molecule has 20 heavy (non-hydrogen) atoms. The van der Waals surface area contributed by atoms with Gasteiger partial charge in [0.25, 0.3) is 0 Å². The van der Waals surface area contributed by atoms with E-state index in [2.05, 4.69) is 15.3 Å². The maximum absolute atomic E-state index is 10.0. The summed E-state index contributed by atoms with van der Waals surface area (Å²) >= 11 is 7.81. The second kappa shape index (κ2) is 5.45. The largest absolute Gasteiger partial charge is 0.387 e. The van der Waals surface area contributed by atoms with Gasteiger partial charge >= 0.3 is 0 Å². The molecule has 0 radical (unpaired) electrons. The normalized spacial score (nSPS) is 17.9. The Labute approximate surface area is 127 Å². The molecule has 0 atom stereocenters. The number of thiazole rings is 1. The highest BCUT2D eigenvalue weighted by molar-refractivity contribution is 7.13. The van der Waals surface area contributed by atoms with Gasteiger partial charge in [0.15, 0.2) is 0 Å². The van der Waals surface area contributed by atoms with E-state index in [4.69, 9.17) is 11.6 Å². The van der Waals surface area contributed by atoms with E-state index in [0.717, 1.165) is 47.3 Å². The molecule has 0 aliphatic carbocycles. The zero-order chi connectivity index (χ0) is 14.2. The monoisotopic (exact) mass is 308 g/mol. The quantitative estimate of drug-likeness (QED) is 0.940. The fourth-order valence-corrected chi connectivity index (χ4v) is 3.62. The summed E-state index contributed by atoms with van der Waals surface area (Å²) in [4.78, 5) is 6.86. The van der Waals surface area contributed by atoms with Crippen molar-refractivity contribution in [3.05, 3.63) is 40.4 Å². The lowest BCUT2D eigenvalue weighted by atomic mass is 9.91. The van der Waals surface area contributed by atoms with Crippen LogP contribution in [0.2, 0.25) is 5.02 Å². The Balaban J connectivity index is 1.68. The number of hydrogen-bond acceptors (Lipinski definition) is 4. The van der Waals surface area contributed by atoms with Crippen LogP contribution in [0.15, 0.2) is 29.6 Å². The molecular formula is C15H17ClN2OS. The van der Waals surface area contributed by atoms with E-state index >= 15 is 0 Å². The van der Waals surface area contributed by atoms with Crippen LogP contribution in [-0.4, -0.2) is 33.7 Å². The van der Waals surface area contributed by atoms with Crippen molar-refractivity contribution in [2.75, 3.05) is 13.1 Å². The first-order valence-electron chi connectivity index (χ1n) is 6.74. The molecule has 0 saturated carbocycles. The van der Waals surface area contributed by atoms with E-state index < -0.39 is 5.60 Å². The van der Waals surface area contributed by atoms with Gasteiger partial charge in [0.05, 0.1) is 16.3 Å². The van der Waals surface area contributed by atoms with Crippen molar-refractivity contribution in [3.8, 4) is 10.6 Å². The highest BCUT2D eigenvalue weighted by Crippen LogP contribution is 2.31. The van der Waals surface area contributed by atoms with Gasteiger partial charge in [0.2, 0.25) is 0 Å². The molecule has 5 heteroatoms. The second-order valence-corrected chi connectivity index (χ2v) is 6.61. The molecule has 0 bridgehead atoms. The number of aromatic nitrogens is 1. The Bertz CT molecular complexity index is 607. The third-order valence-electron chi connectivity index (χ3n) is 3.74. The van der Waals surface area contributed by atoms with Crippen LogP contribution in [0.3, 0.4) is 0 Å². The van der Waals surface area contributed by atoms with Crippen molar-refractivity contribution >= 4 is 22.9 Å². The van der Waals surface area contributed by atoms with E-state index in [1.807, 2.05) is 31.2 Å². The summed E-state index contributed by atoms with van der Waals surface area (Å²) in [6, 6.07) is 7.77. The molecule has 1 aromatic carbocycles. The van der Waals surface area contributed by atoms with Gasteiger partial charge in [-0.05, 0) is 12.5 Å². The molecule has 106 valence electrons. The summed E-state index contributed by atoms with van der Waals surface area (Å²) in [6.07, 6.45) is 0.811. The fraction of sp³-hybridized carbons (Fsp3) is 0.400. The molecule has 3 rings (SSSR count). The van der Waals surface area contributed by atoms with E-state index in [9.17, 15) is 5.11 Å². The summed E-state index contributed by atoms with van der Waals surface area (Å²) in [7, 11) is 0. The molecule has 1 aliphatic heterocycles. The van der Waals surface area contributed by atoms with Crippen molar-refractivity contribution in [2.24, 2.45) is 0 Å². The number of nitrogens with zero attached hydrogens (tertiary/aromatic N) is 2. The number of halogens is 1. The first-order valence-corrected chi connectivity index (χ1v) is 7.99. The SMILES string of the molecule is CCC1(O)CN(Cc2csc(-c3ccccc3Cl)n2)C1. The van der Waals surface area contributed by atoms with Gasteiger partial charge in [-0.3, -0.25) is 4.90 Å². The van der Waals surface area contributed by atoms with Crippen LogP contribution in [0.25, 0.3) is 10.6 Å². The standard InChI is InChI=1S/C15H17ClN2OS/c1-2-15(19)9-18(10-15)7-11-8-20-14(17-11)12-5-3-4-6-13(12)16/h3-6,8,19H,2,7,9-10H2,1H3. The molecule has 1 aromatic heterocycles. The Kier molecular flexibility index (Phi) is 3.82.